The molecule has 0 aliphatic rings. The van der Waals surface area contributed by atoms with Crippen LogP contribution in [-0.2, 0) is 4.79 Å². The number of aromatic nitrogens is 1. The molecule has 1 rings (SSSR count). The summed E-state index contributed by atoms with van der Waals surface area (Å²) in [6, 6.07) is 0. The van der Waals surface area contributed by atoms with Crippen LogP contribution < -0.4 is 5.32 Å². The Hall–Kier alpha value is -1.43. The molecule has 1 aromatic heterocycles. The lowest BCUT2D eigenvalue weighted by molar-refractivity contribution is -0.119. The molecule has 0 aromatic carbocycles. The highest BCUT2D eigenvalue weighted by molar-refractivity contribution is 7.17. The van der Waals surface area contributed by atoms with E-state index in [4.69, 9.17) is 5.11 Å². The molecule has 0 bridgehead atoms. The average Bonchev–Trinajstić information content (AvgIpc) is 2.66. The van der Waals surface area contributed by atoms with Crippen molar-refractivity contribution in [1.82, 2.24) is 4.98 Å². The predicted octanol–water partition coefficient (Wildman–Crippen LogP) is 2.22. The number of thiazole rings is 1. The third-order valence-corrected chi connectivity index (χ3v) is 3.02. The van der Waals surface area contributed by atoms with Gasteiger partial charge in [0.1, 0.15) is 4.88 Å². The van der Waals surface area contributed by atoms with Crippen molar-refractivity contribution in [3.63, 3.8) is 0 Å². The number of anilines is 1. The van der Waals surface area contributed by atoms with E-state index in [1.54, 1.807) is 0 Å². The molecule has 2 N–H and O–H groups in total. The molecule has 0 fully saturated rings. The van der Waals surface area contributed by atoms with Gasteiger partial charge in [0.2, 0.25) is 5.91 Å². The van der Waals surface area contributed by atoms with Gasteiger partial charge in [-0.05, 0) is 6.42 Å². The summed E-state index contributed by atoms with van der Waals surface area (Å²) >= 11 is 0.962. The molecule has 0 spiro atoms. The van der Waals surface area contributed by atoms with Crippen molar-refractivity contribution >= 4 is 28.3 Å². The summed E-state index contributed by atoms with van der Waals surface area (Å²) in [5.74, 6) is -1.23. The second-order valence-electron chi connectivity index (χ2n) is 3.51. The van der Waals surface area contributed by atoms with Gasteiger partial charge in [-0.2, -0.15) is 0 Å². The van der Waals surface area contributed by atoms with Crippen molar-refractivity contribution in [2.75, 3.05) is 5.32 Å². The number of amides is 1. The summed E-state index contributed by atoms with van der Waals surface area (Å²) in [4.78, 5) is 26.1. The summed E-state index contributed by atoms with van der Waals surface area (Å²) in [6.45, 7) is 3.85. The van der Waals surface area contributed by atoms with Gasteiger partial charge in [0.25, 0.3) is 0 Å². The van der Waals surface area contributed by atoms with Crippen LogP contribution in [0.4, 0.5) is 5.13 Å². The lowest BCUT2D eigenvalue weighted by atomic mass is 10.1. The van der Waals surface area contributed by atoms with E-state index in [1.165, 1.54) is 6.20 Å². The fourth-order valence-electron chi connectivity index (χ4n) is 1.22. The van der Waals surface area contributed by atoms with E-state index >= 15 is 0 Å². The normalized spacial score (nSPS) is 12.1. The van der Waals surface area contributed by atoms with E-state index in [9.17, 15) is 9.59 Å². The van der Waals surface area contributed by atoms with Crippen LogP contribution in [0.15, 0.2) is 6.20 Å². The Morgan fingerprint density at radius 1 is 1.62 bits per heavy atom. The lowest BCUT2D eigenvalue weighted by Crippen LogP contribution is -2.19. The Labute approximate surface area is 97.5 Å². The lowest BCUT2D eigenvalue weighted by Gasteiger charge is -2.08. The van der Waals surface area contributed by atoms with Crippen LogP contribution in [0, 0.1) is 5.92 Å². The van der Waals surface area contributed by atoms with Crippen molar-refractivity contribution in [3.05, 3.63) is 11.1 Å². The third kappa shape index (κ3) is 3.30. The van der Waals surface area contributed by atoms with Gasteiger partial charge in [-0.3, -0.25) is 4.79 Å². The van der Waals surface area contributed by atoms with Crippen LogP contribution in [0.3, 0.4) is 0 Å². The first kappa shape index (κ1) is 12.6. The number of carboxylic acids is 1. The van der Waals surface area contributed by atoms with Crippen LogP contribution in [0.5, 0.6) is 0 Å². The minimum Gasteiger partial charge on any atom is -0.477 e. The predicted molar refractivity (Wildman–Crippen MR) is 61.8 cm³/mol. The molecule has 1 heterocycles. The first-order valence-corrected chi connectivity index (χ1v) is 5.86. The number of carboxylic acid groups (broad SMARTS) is 1. The number of nitrogens with zero attached hydrogens (tertiary/aromatic N) is 1. The Morgan fingerprint density at radius 2 is 2.31 bits per heavy atom. The molecule has 1 aromatic rings. The smallest absolute Gasteiger partial charge is 0.347 e. The zero-order valence-electron chi connectivity index (χ0n) is 9.19. The maximum absolute atomic E-state index is 11.6. The summed E-state index contributed by atoms with van der Waals surface area (Å²) in [7, 11) is 0. The van der Waals surface area contributed by atoms with E-state index in [-0.39, 0.29) is 16.7 Å². The van der Waals surface area contributed by atoms with Gasteiger partial charge in [-0.1, -0.05) is 31.6 Å². The summed E-state index contributed by atoms with van der Waals surface area (Å²) in [5, 5.41) is 11.6. The van der Waals surface area contributed by atoms with Crippen LogP contribution in [-0.4, -0.2) is 22.0 Å². The Bertz CT molecular complexity index is 389. The Morgan fingerprint density at radius 3 is 2.81 bits per heavy atom. The van der Waals surface area contributed by atoms with Crippen LogP contribution in [0.1, 0.15) is 36.4 Å². The summed E-state index contributed by atoms with van der Waals surface area (Å²) < 4.78 is 0. The van der Waals surface area contributed by atoms with Gasteiger partial charge in [0.15, 0.2) is 5.13 Å². The molecule has 5 nitrogen and oxygen atoms in total. The molecular weight excluding hydrogens is 228 g/mol. The average molecular weight is 242 g/mol. The van der Waals surface area contributed by atoms with Gasteiger partial charge in [0, 0.05) is 5.92 Å². The minimum absolute atomic E-state index is 0.0813. The van der Waals surface area contributed by atoms with E-state index in [1.807, 2.05) is 13.8 Å². The molecule has 0 radical (unpaired) electrons. The fraction of sp³-hybridized carbons (Fsp3) is 0.500. The summed E-state index contributed by atoms with van der Waals surface area (Å²) in [6.07, 6.45) is 2.99. The molecular formula is C10H14N2O3S. The van der Waals surface area contributed by atoms with Crippen molar-refractivity contribution in [3.8, 4) is 0 Å². The third-order valence-electron chi connectivity index (χ3n) is 2.12. The topological polar surface area (TPSA) is 79.3 Å². The first-order valence-electron chi connectivity index (χ1n) is 5.04. The summed E-state index contributed by atoms with van der Waals surface area (Å²) in [5.41, 5.74) is 0. The minimum atomic E-state index is -1.03. The standard InChI is InChI=1S/C10H14N2O3S/c1-3-4-6(2)8(13)12-10-11-5-7(16-10)9(14)15/h5-6H,3-4H2,1-2H3,(H,14,15)(H,11,12,13). The second-order valence-corrected chi connectivity index (χ2v) is 4.54. The maximum Gasteiger partial charge on any atom is 0.347 e. The van der Waals surface area contributed by atoms with Gasteiger partial charge < -0.3 is 10.4 Å². The molecule has 88 valence electrons. The number of carbonyl (C=O) groups excluding carboxylic acids is 1. The zero-order valence-corrected chi connectivity index (χ0v) is 10.0. The van der Waals surface area contributed by atoms with Gasteiger partial charge >= 0.3 is 5.97 Å². The number of hydrogen-bond acceptors (Lipinski definition) is 4. The van der Waals surface area contributed by atoms with E-state index in [0.717, 1.165) is 24.2 Å². The van der Waals surface area contributed by atoms with E-state index < -0.39 is 5.97 Å². The van der Waals surface area contributed by atoms with E-state index in [2.05, 4.69) is 10.3 Å². The maximum atomic E-state index is 11.6. The fourth-order valence-corrected chi connectivity index (χ4v) is 1.88. The SMILES string of the molecule is CCCC(C)C(=O)Nc1ncc(C(=O)O)s1. The molecule has 1 amide bonds. The molecule has 16 heavy (non-hydrogen) atoms. The monoisotopic (exact) mass is 242 g/mol. The highest BCUT2D eigenvalue weighted by Crippen LogP contribution is 2.19. The molecule has 0 saturated heterocycles. The van der Waals surface area contributed by atoms with Crippen molar-refractivity contribution in [1.29, 1.82) is 0 Å². The molecule has 6 heteroatoms. The zero-order chi connectivity index (χ0) is 12.1. The first-order chi connectivity index (χ1) is 7.54. The van der Waals surface area contributed by atoms with Crippen LogP contribution >= 0.6 is 11.3 Å². The van der Waals surface area contributed by atoms with Crippen molar-refractivity contribution < 1.29 is 14.7 Å². The van der Waals surface area contributed by atoms with Crippen LogP contribution in [0.2, 0.25) is 0 Å². The number of carbonyl (C=O) groups is 2. The number of nitrogens with one attached hydrogen (secondary N) is 1. The Balaban J connectivity index is 2.59. The van der Waals surface area contributed by atoms with Gasteiger partial charge in [-0.25, -0.2) is 9.78 Å². The number of rotatable bonds is 5. The Kier molecular flexibility index (Phi) is 4.42. The largest absolute Gasteiger partial charge is 0.477 e. The molecule has 0 aliphatic carbocycles. The van der Waals surface area contributed by atoms with Crippen molar-refractivity contribution in [2.45, 2.75) is 26.7 Å². The quantitative estimate of drug-likeness (QED) is 0.829. The molecule has 1 unspecified atom stereocenters. The highest BCUT2D eigenvalue weighted by Gasteiger charge is 2.15. The number of aromatic carboxylic acids is 1. The number of hydrogen-bond donors (Lipinski definition) is 2. The van der Waals surface area contributed by atoms with E-state index in [0.29, 0.717) is 5.13 Å². The molecule has 0 saturated carbocycles. The van der Waals surface area contributed by atoms with Gasteiger partial charge in [-0.15, -0.1) is 0 Å². The highest BCUT2D eigenvalue weighted by atomic mass is 32.1. The van der Waals surface area contributed by atoms with Crippen molar-refractivity contribution in [2.24, 2.45) is 5.92 Å². The molecule has 0 aliphatic heterocycles. The van der Waals surface area contributed by atoms with Crippen LogP contribution in [0.25, 0.3) is 0 Å². The second kappa shape index (κ2) is 5.60. The molecule has 1 atom stereocenters. The van der Waals surface area contributed by atoms with Gasteiger partial charge in [0.05, 0.1) is 6.20 Å².